The normalized spacial score (nSPS) is 15.2. The zero-order valence-electron chi connectivity index (χ0n) is 10.5. The Bertz CT molecular complexity index is 438. The van der Waals surface area contributed by atoms with Crippen LogP contribution in [0.4, 0.5) is 0 Å². The molecule has 0 atom stereocenters. The van der Waals surface area contributed by atoms with Crippen molar-refractivity contribution in [3.8, 4) is 5.75 Å². The van der Waals surface area contributed by atoms with E-state index in [0.29, 0.717) is 0 Å². The van der Waals surface area contributed by atoms with Crippen molar-refractivity contribution < 1.29 is 9.53 Å². The summed E-state index contributed by atoms with van der Waals surface area (Å²) >= 11 is 0. The third-order valence-corrected chi connectivity index (χ3v) is 3.31. The predicted molar refractivity (Wildman–Crippen MR) is 67.0 cm³/mol. The monoisotopic (exact) mass is 233 g/mol. The zero-order chi connectivity index (χ0) is 12.5. The van der Waals surface area contributed by atoms with E-state index >= 15 is 0 Å². The minimum atomic E-state index is -0.952. The highest BCUT2D eigenvalue weighted by Crippen LogP contribution is 2.31. The van der Waals surface area contributed by atoms with Gasteiger partial charge in [0.15, 0.2) is 5.60 Å². The number of ether oxygens (including phenoxy) is 1. The molecule has 1 aromatic rings. The van der Waals surface area contributed by atoms with Gasteiger partial charge in [-0.05, 0) is 56.7 Å². The smallest absolute Gasteiger partial charge is 0.261 e. The zero-order valence-corrected chi connectivity index (χ0v) is 10.5. The average molecular weight is 233 g/mol. The van der Waals surface area contributed by atoms with E-state index in [0.717, 1.165) is 18.6 Å². The van der Waals surface area contributed by atoms with Crippen molar-refractivity contribution in [3.05, 3.63) is 29.3 Å². The summed E-state index contributed by atoms with van der Waals surface area (Å²) in [4.78, 5) is 11.3. The molecule has 0 unspecified atom stereocenters. The molecule has 3 nitrogen and oxygen atoms in total. The van der Waals surface area contributed by atoms with Gasteiger partial charge in [-0.25, -0.2) is 0 Å². The largest absolute Gasteiger partial charge is 0.478 e. The Labute approximate surface area is 102 Å². The molecule has 1 aliphatic rings. The Morgan fingerprint density at radius 2 is 2.00 bits per heavy atom. The number of carbonyl (C=O) groups is 1. The van der Waals surface area contributed by atoms with Gasteiger partial charge in [0.25, 0.3) is 5.91 Å². The van der Waals surface area contributed by atoms with E-state index in [9.17, 15) is 4.79 Å². The second kappa shape index (κ2) is 4.40. The summed E-state index contributed by atoms with van der Waals surface area (Å²) in [5.74, 6) is 0.372. The van der Waals surface area contributed by atoms with Gasteiger partial charge in [0.2, 0.25) is 0 Å². The number of carbonyl (C=O) groups excluding carboxylic acids is 1. The van der Waals surface area contributed by atoms with Crippen molar-refractivity contribution in [2.24, 2.45) is 5.73 Å². The van der Waals surface area contributed by atoms with E-state index in [1.54, 1.807) is 13.8 Å². The summed E-state index contributed by atoms with van der Waals surface area (Å²) in [5, 5.41) is 0. The molecule has 92 valence electrons. The summed E-state index contributed by atoms with van der Waals surface area (Å²) < 4.78 is 5.79. The third-order valence-electron chi connectivity index (χ3n) is 3.31. The fourth-order valence-corrected chi connectivity index (χ4v) is 2.17. The van der Waals surface area contributed by atoms with Gasteiger partial charge in [0, 0.05) is 0 Å². The van der Waals surface area contributed by atoms with Crippen LogP contribution in [-0.4, -0.2) is 11.5 Å². The van der Waals surface area contributed by atoms with Crippen LogP contribution in [0.1, 0.15) is 37.8 Å². The highest BCUT2D eigenvalue weighted by Gasteiger charge is 2.28. The minimum absolute atomic E-state index is 0.439. The van der Waals surface area contributed by atoms with E-state index in [2.05, 4.69) is 6.07 Å². The van der Waals surface area contributed by atoms with E-state index in [4.69, 9.17) is 10.5 Å². The maximum atomic E-state index is 11.3. The number of rotatable bonds is 3. The maximum absolute atomic E-state index is 11.3. The Hall–Kier alpha value is -1.51. The van der Waals surface area contributed by atoms with Crippen LogP contribution >= 0.6 is 0 Å². The fourth-order valence-electron chi connectivity index (χ4n) is 2.17. The van der Waals surface area contributed by atoms with Crippen molar-refractivity contribution >= 4 is 5.91 Å². The molecule has 17 heavy (non-hydrogen) atoms. The summed E-state index contributed by atoms with van der Waals surface area (Å²) in [7, 11) is 0. The van der Waals surface area contributed by atoms with Crippen molar-refractivity contribution in [1.29, 1.82) is 0 Å². The second-order valence-corrected chi connectivity index (χ2v) is 5.08. The van der Waals surface area contributed by atoms with Crippen LogP contribution in [0.2, 0.25) is 0 Å². The molecular formula is C14H19NO2. The maximum Gasteiger partial charge on any atom is 0.261 e. The summed E-state index contributed by atoms with van der Waals surface area (Å²) in [6, 6.07) is 6.05. The quantitative estimate of drug-likeness (QED) is 0.870. The first-order chi connectivity index (χ1) is 8.00. The lowest BCUT2D eigenvalue weighted by Crippen LogP contribution is -2.43. The topological polar surface area (TPSA) is 52.3 Å². The van der Waals surface area contributed by atoms with Crippen molar-refractivity contribution in [2.75, 3.05) is 0 Å². The molecule has 0 saturated carbocycles. The Balaban J connectivity index is 2.30. The Morgan fingerprint density at radius 3 is 2.71 bits per heavy atom. The molecule has 0 aromatic heterocycles. The predicted octanol–water partition coefficient (Wildman–Crippen LogP) is 2.21. The van der Waals surface area contributed by atoms with Gasteiger partial charge in [-0.15, -0.1) is 0 Å². The lowest BCUT2D eigenvalue weighted by molar-refractivity contribution is -0.130. The Kier molecular flexibility index (Phi) is 3.09. The van der Waals surface area contributed by atoms with Crippen LogP contribution in [0.25, 0.3) is 0 Å². The molecule has 0 radical (unpaired) electrons. The van der Waals surface area contributed by atoms with E-state index in [1.165, 1.54) is 24.0 Å². The van der Waals surface area contributed by atoms with Gasteiger partial charge in [-0.1, -0.05) is 12.1 Å². The lowest BCUT2D eigenvalue weighted by Gasteiger charge is -2.26. The number of amides is 1. The molecule has 0 spiro atoms. The van der Waals surface area contributed by atoms with Crippen LogP contribution in [0.3, 0.4) is 0 Å². The lowest BCUT2D eigenvalue weighted by atomic mass is 9.91. The van der Waals surface area contributed by atoms with E-state index in [1.807, 2.05) is 12.1 Å². The first kappa shape index (κ1) is 12.0. The molecule has 0 heterocycles. The van der Waals surface area contributed by atoms with Gasteiger partial charge in [-0.2, -0.15) is 0 Å². The molecule has 2 rings (SSSR count). The Morgan fingerprint density at radius 1 is 1.29 bits per heavy atom. The molecule has 0 bridgehead atoms. The molecule has 1 aliphatic carbocycles. The number of hydrogen-bond acceptors (Lipinski definition) is 2. The van der Waals surface area contributed by atoms with Crippen molar-refractivity contribution in [1.82, 2.24) is 0 Å². The summed E-state index contributed by atoms with van der Waals surface area (Å²) in [6.45, 7) is 3.41. The molecule has 1 amide bonds. The van der Waals surface area contributed by atoms with Crippen molar-refractivity contribution in [3.63, 3.8) is 0 Å². The van der Waals surface area contributed by atoms with Gasteiger partial charge in [0.1, 0.15) is 5.75 Å². The number of benzene rings is 1. The fraction of sp³-hybridized carbons (Fsp3) is 0.500. The molecule has 2 N–H and O–H groups in total. The standard InChI is InChI=1S/C14H19NO2/c1-14(2,13(15)16)17-12-9-5-7-10-6-3-4-8-11(10)12/h5,7,9H,3-4,6,8H2,1-2H3,(H2,15,16). The molecule has 1 aromatic carbocycles. The van der Waals surface area contributed by atoms with E-state index < -0.39 is 11.5 Å². The molecular weight excluding hydrogens is 214 g/mol. The number of hydrogen-bond donors (Lipinski definition) is 1. The first-order valence-corrected chi connectivity index (χ1v) is 6.10. The number of fused-ring (bicyclic) bond motifs is 1. The van der Waals surface area contributed by atoms with Gasteiger partial charge in [-0.3, -0.25) is 4.79 Å². The van der Waals surface area contributed by atoms with Crippen LogP contribution < -0.4 is 10.5 Å². The highest BCUT2D eigenvalue weighted by atomic mass is 16.5. The van der Waals surface area contributed by atoms with Gasteiger partial charge >= 0.3 is 0 Å². The molecule has 3 heteroatoms. The first-order valence-electron chi connectivity index (χ1n) is 6.10. The summed E-state index contributed by atoms with van der Waals surface area (Å²) in [6.07, 6.45) is 4.55. The second-order valence-electron chi connectivity index (χ2n) is 5.08. The highest BCUT2D eigenvalue weighted by molar-refractivity contribution is 5.82. The molecule has 0 fully saturated rings. The minimum Gasteiger partial charge on any atom is -0.478 e. The summed E-state index contributed by atoms with van der Waals surface area (Å²) in [5.41, 5.74) is 6.96. The third kappa shape index (κ3) is 2.43. The van der Waals surface area contributed by atoms with E-state index in [-0.39, 0.29) is 0 Å². The van der Waals surface area contributed by atoms with Crippen LogP contribution in [-0.2, 0) is 17.6 Å². The van der Waals surface area contributed by atoms with Crippen molar-refractivity contribution in [2.45, 2.75) is 45.1 Å². The van der Waals surface area contributed by atoms with Crippen LogP contribution in [0.5, 0.6) is 5.75 Å². The number of primary amides is 1. The van der Waals surface area contributed by atoms with Gasteiger partial charge in [0.05, 0.1) is 0 Å². The van der Waals surface area contributed by atoms with Crippen LogP contribution in [0.15, 0.2) is 18.2 Å². The number of aryl methyl sites for hydroxylation is 1. The SMILES string of the molecule is CC(C)(Oc1cccc2c1CCCC2)C(N)=O. The molecule has 0 saturated heterocycles. The number of nitrogens with two attached hydrogens (primary N) is 1. The average Bonchev–Trinajstić information content (AvgIpc) is 2.29. The van der Waals surface area contributed by atoms with Crippen LogP contribution in [0, 0.1) is 0 Å². The molecule has 0 aliphatic heterocycles. The van der Waals surface area contributed by atoms with Gasteiger partial charge < -0.3 is 10.5 Å².